The number of benzene rings is 1. The fourth-order valence-corrected chi connectivity index (χ4v) is 1.78. The molecule has 0 aliphatic heterocycles. The minimum absolute atomic E-state index is 0.117. The largest absolute Gasteiger partial charge is 0.340 e. The molecule has 0 aliphatic rings. The van der Waals surface area contributed by atoms with Crippen molar-refractivity contribution in [3.63, 3.8) is 0 Å². The van der Waals surface area contributed by atoms with Crippen molar-refractivity contribution in [3.05, 3.63) is 47.1 Å². The van der Waals surface area contributed by atoms with E-state index >= 15 is 0 Å². The van der Waals surface area contributed by atoms with E-state index in [2.05, 4.69) is 15.6 Å². The molecule has 1 aromatic carbocycles. The van der Waals surface area contributed by atoms with Crippen LogP contribution in [0.25, 0.3) is 0 Å². The van der Waals surface area contributed by atoms with E-state index in [1.807, 2.05) is 25.1 Å². The highest BCUT2D eigenvalue weighted by molar-refractivity contribution is 6.30. The van der Waals surface area contributed by atoms with Crippen LogP contribution >= 0.6 is 11.6 Å². The average molecular weight is 276 g/mol. The summed E-state index contributed by atoms with van der Waals surface area (Å²) in [5.74, 6) is 0.577. The predicted molar refractivity (Wildman–Crippen MR) is 78.0 cm³/mol. The summed E-state index contributed by atoms with van der Waals surface area (Å²) in [5.41, 5.74) is 2.66. The lowest BCUT2D eigenvalue weighted by molar-refractivity contribution is -0.114. The van der Waals surface area contributed by atoms with Gasteiger partial charge in [-0.2, -0.15) is 0 Å². The molecule has 0 atom stereocenters. The van der Waals surface area contributed by atoms with Crippen molar-refractivity contribution >= 4 is 34.7 Å². The SMILES string of the molecule is CC(=O)Nc1ccc(Nc2cc(Cl)ccc2C)nc1. The van der Waals surface area contributed by atoms with E-state index in [0.29, 0.717) is 16.5 Å². The number of amides is 1. The van der Waals surface area contributed by atoms with Gasteiger partial charge in [0.05, 0.1) is 11.9 Å². The van der Waals surface area contributed by atoms with Crippen molar-refractivity contribution in [2.45, 2.75) is 13.8 Å². The van der Waals surface area contributed by atoms with Gasteiger partial charge >= 0.3 is 0 Å². The molecule has 1 aromatic heterocycles. The molecule has 0 unspecified atom stereocenters. The summed E-state index contributed by atoms with van der Waals surface area (Å²) in [6, 6.07) is 9.22. The maximum Gasteiger partial charge on any atom is 0.221 e. The molecule has 0 saturated carbocycles. The predicted octanol–water partition coefficient (Wildman–Crippen LogP) is 3.75. The maximum atomic E-state index is 10.9. The third kappa shape index (κ3) is 3.69. The minimum atomic E-state index is -0.117. The first-order valence-corrected chi connectivity index (χ1v) is 6.19. The number of carbonyl (C=O) groups excluding carboxylic acids is 1. The van der Waals surface area contributed by atoms with Crippen LogP contribution in [0.15, 0.2) is 36.5 Å². The van der Waals surface area contributed by atoms with Crippen LogP contribution in [0.3, 0.4) is 0 Å². The highest BCUT2D eigenvalue weighted by Gasteiger charge is 2.02. The Kier molecular flexibility index (Phi) is 4.02. The van der Waals surface area contributed by atoms with E-state index in [1.165, 1.54) is 6.92 Å². The second-order valence-corrected chi connectivity index (χ2v) is 4.63. The molecule has 1 heterocycles. The van der Waals surface area contributed by atoms with E-state index < -0.39 is 0 Å². The highest BCUT2D eigenvalue weighted by Crippen LogP contribution is 2.23. The minimum Gasteiger partial charge on any atom is -0.340 e. The quantitative estimate of drug-likeness (QED) is 0.897. The van der Waals surface area contributed by atoms with Gasteiger partial charge in [-0.15, -0.1) is 0 Å². The molecule has 4 nitrogen and oxygen atoms in total. The summed E-state index contributed by atoms with van der Waals surface area (Å²) in [5, 5.41) is 6.52. The lowest BCUT2D eigenvalue weighted by Gasteiger charge is -2.10. The first-order chi connectivity index (χ1) is 9.04. The van der Waals surface area contributed by atoms with E-state index in [-0.39, 0.29) is 5.91 Å². The normalized spacial score (nSPS) is 10.1. The Balaban J connectivity index is 2.15. The summed E-state index contributed by atoms with van der Waals surface area (Å²) in [7, 11) is 0. The molecular formula is C14H14ClN3O. The molecule has 98 valence electrons. The number of carbonyl (C=O) groups is 1. The maximum absolute atomic E-state index is 10.9. The van der Waals surface area contributed by atoms with Crippen LogP contribution in [0, 0.1) is 6.92 Å². The summed E-state index contributed by atoms with van der Waals surface area (Å²) < 4.78 is 0. The lowest BCUT2D eigenvalue weighted by Crippen LogP contribution is -2.06. The standard InChI is InChI=1S/C14H14ClN3O/c1-9-3-4-11(15)7-13(9)18-14-6-5-12(8-16-14)17-10(2)19/h3-8H,1-2H3,(H,16,18)(H,17,19). The smallest absolute Gasteiger partial charge is 0.221 e. The lowest BCUT2D eigenvalue weighted by atomic mass is 10.2. The van der Waals surface area contributed by atoms with Gasteiger partial charge in [0.1, 0.15) is 5.82 Å². The fraction of sp³-hybridized carbons (Fsp3) is 0.143. The van der Waals surface area contributed by atoms with Gasteiger partial charge in [-0.3, -0.25) is 4.79 Å². The molecule has 0 spiro atoms. The number of hydrogen-bond donors (Lipinski definition) is 2. The van der Waals surface area contributed by atoms with Gasteiger partial charge in [-0.1, -0.05) is 17.7 Å². The van der Waals surface area contributed by atoms with Crippen LogP contribution in [0.2, 0.25) is 5.02 Å². The van der Waals surface area contributed by atoms with Crippen LogP contribution in [0.4, 0.5) is 17.2 Å². The fourth-order valence-electron chi connectivity index (χ4n) is 1.61. The average Bonchev–Trinajstić information content (AvgIpc) is 2.35. The van der Waals surface area contributed by atoms with Gasteiger partial charge in [0.25, 0.3) is 0 Å². The van der Waals surface area contributed by atoms with Crippen molar-refractivity contribution in [1.29, 1.82) is 0 Å². The molecule has 0 fully saturated rings. The molecule has 0 bridgehead atoms. The van der Waals surface area contributed by atoms with E-state index in [1.54, 1.807) is 18.3 Å². The summed E-state index contributed by atoms with van der Waals surface area (Å²) in [6.45, 7) is 3.45. The van der Waals surface area contributed by atoms with Crippen LogP contribution in [-0.2, 0) is 4.79 Å². The van der Waals surface area contributed by atoms with Crippen molar-refractivity contribution in [2.24, 2.45) is 0 Å². The molecule has 0 aliphatic carbocycles. The number of halogens is 1. The number of aromatic nitrogens is 1. The zero-order chi connectivity index (χ0) is 13.8. The Morgan fingerprint density at radius 3 is 2.68 bits per heavy atom. The van der Waals surface area contributed by atoms with Gasteiger partial charge in [0, 0.05) is 17.6 Å². The van der Waals surface area contributed by atoms with Gasteiger partial charge in [0.15, 0.2) is 0 Å². The third-order valence-corrected chi connectivity index (χ3v) is 2.78. The van der Waals surface area contributed by atoms with Gasteiger partial charge in [-0.05, 0) is 36.8 Å². The highest BCUT2D eigenvalue weighted by atomic mass is 35.5. The van der Waals surface area contributed by atoms with Crippen molar-refractivity contribution < 1.29 is 4.79 Å². The Morgan fingerprint density at radius 2 is 2.05 bits per heavy atom. The molecule has 2 N–H and O–H groups in total. The topological polar surface area (TPSA) is 54.0 Å². The molecular weight excluding hydrogens is 262 g/mol. The summed E-state index contributed by atoms with van der Waals surface area (Å²) >= 11 is 5.96. The Hall–Kier alpha value is -2.07. The molecule has 2 aromatic rings. The second kappa shape index (κ2) is 5.71. The van der Waals surface area contributed by atoms with E-state index in [4.69, 9.17) is 11.6 Å². The molecule has 1 amide bonds. The number of pyridine rings is 1. The van der Waals surface area contributed by atoms with Gasteiger partial charge < -0.3 is 10.6 Å². The van der Waals surface area contributed by atoms with Gasteiger partial charge in [-0.25, -0.2) is 4.98 Å². The van der Waals surface area contributed by atoms with Crippen LogP contribution in [0.1, 0.15) is 12.5 Å². The van der Waals surface area contributed by atoms with Crippen LogP contribution in [0.5, 0.6) is 0 Å². The zero-order valence-corrected chi connectivity index (χ0v) is 11.5. The summed E-state index contributed by atoms with van der Waals surface area (Å²) in [4.78, 5) is 15.1. The van der Waals surface area contributed by atoms with E-state index in [0.717, 1.165) is 11.3 Å². The third-order valence-electron chi connectivity index (χ3n) is 2.55. The number of nitrogens with zero attached hydrogens (tertiary/aromatic N) is 1. The van der Waals surface area contributed by atoms with Crippen LogP contribution < -0.4 is 10.6 Å². The van der Waals surface area contributed by atoms with E-state index in [9.17, 15) is 4.79 Å². The van der Waals surface area contributed by atoms with Crippen molar-refractivity contribution in [1.82, 2.24) is 4.98 Å². The van der Waals surface area contributed by atoms with Gasteiger partial charge in [0.2, 0.25) is 5.91 Å². The summed E-state index contributed by atoms with van der Waals surface area (Å²) in [6.07, 6.45) is 1.60. The Morgan fingerprint density at radius 1 is 1.26 bits per heavy atom. The number of hydrogen-bond acceptors (Lipinski definition) is 3. The first-order valence-electron chi connectivity index (χ1n) is 5.81. The first kappa shape index (κ1) is 13.4. The van der Waals surface area contributed by atoms with Crippen molar-refractivity contribution in [2.75, 3.05) is 10.6 Å². The molecule has 5 heteroatoms. The molecule has 0 radical (unpaired) electrons. The molecule has 2 rings (SSSR count). The monoisotopic (exact) mass is 275 g/mol. The van der Waals surface area contributed by atoms with Crippen LogP contribution in [-0.4, -0.2) is 10.9 Å². The number of anilines is 3. The second-order valence-electron chi connectivity index (χ2n) is 4.20. The Bertz CT molecular complexity index is 596. The number of aryl methyl sites for hydroxylation is 1. The number of nitrogens with one attached hydrogen (secondary N) is 2. The Labute approximate surface area is 116 Å². The number of rotatable bonds is 3. The van der Waals surface area contributed by atoms with Crippen molar-refractivity contribution in [3.8, 4) is 0 Å². The zero-order valence-electron chi connectivity index (χ0n) is 10.7. The molecule has 0 saturated heterocycles. The molecule has 19 heavy (non-hydrogen) atoms.